The first-order valence-corrected chi connectivity index (χ1v) is 4.54. The van der Waals surface area contributed by atoms with Crippen LogP contribution in [0.2, 0.25) is 5.02 Å². The minimum atomic E-state index is -0.651. The number of amides is 1. The van der Waals surface area contributed by atoms with E-state index < -0.39 is 12.0 Å². The van der Waals surface area contributed by atoms with E-state index in [1.165, 1.54) is 0 Å². The van der Waals surface area contributed by atoms with Crippen molar-refractivity contribution in [2.45, 2.75) is 6.10 Å². The molecule has 4 nitrogen and oxygen atoms in total. The lowest BCUT2D eigenvalue weighted by molar-refractivity contribution is -0.124. The van der Waals surface area contributed by atoms with Gasteiger partial charge in [0.1, 0.15) is 0 Å². The lowest BCUT2D eigenvalue weighted by Crippen LogP contribution is -2.41. The van der Waals surface area contributed by atoms with Crippen LogP contribution in [0.25, 0.3) is 0 Å². The van der Waals surface area contributed by atoms with Crippen LogP contribution in [0.5, 0.6) is 5.75 Å². The second-order valence-corrected chi connectivity index (χ2v) is 3.41. The molecule has 1 aliphatic heterocycles. The van der Waals surface area contributed by atoms with Gasteiger partial charge in [-0.25, -0.2) is 0 Å². The molecule has 1 aliphatic rings. The van der Waals surface area contributed by atoms with Gasteiger partial charge < -0.3 is 15.8 Å². The van der Waals surface area contributed by atoms with Gasteiger partial charge >= 0.3 is 0 Å². The average Bonchev–Trinajstić information content (AvgIpc) is 2.18. The van der Waals surface area contributed by atoms with Crippen molar-refractivity contribution < 1.29 is 9.53 Å². The smallest absolute Gasteiger partial charge is 0.260 e. The molecule has 1 unspecified atom stereocenters. The zero-order valence-electron chi connectivity index (χ0n) is 7.29. The summed E-state index contributed by atoms with van der Waals surface area (Å²) in [6.45, 7) is 0.378. The number of nitrogens with one attached hydrogen (secondary N) is 1. The van der Waals surface area contributed by atoms with Crippen molar-refractivity contribution >= 4 is 23.2 Å². The number of hydrogen-bond acceptors (Lipinski definition) is 3. The van der Waals surface area contributed by atoms with Crippen LogP contribution in [0.15, 0.2) is 18.2 Å². The van der Waals surface area contributed by atoms with Crippen LogP contribution in [-0.2, 0) is 4.79 Å². The maximum Gasteiger partial charge on any atom is 0.260 e. The third-order valence-corrected chi connectivity index (χ3v) is 2.32. The van der Waals surface area contributed by atoms with Crippen molar-refractivity contribution in [3.05, 3.63) is 23.2 Å². The molecule has 1 amide bonds. The van der Waals surface area contributed by atoms with Crippen molar-refractivity contribution in [2.24, 2.45) is 5.73 Å². The highest BCUT2D eigenvalue weighted by molar-refractivity contribution is 6.32. The molecule has 1 aromatic carbocycles. The molecule has 1 heterocycles. The number of benzene rings is 1. The van der Waals surface area contributed by atoms with E-state index in [-0.39, 0.29) is 0 Å². The maximum atomic E-state index is 10.9. The highest BCUT2D eigenvalue weighted by Crippen LogP contribution is 2.35. The Morgan fingerprint density at radius 1 is 1.64 bits per heavy atom. The summed E-state index contributed by atoms with van der Waals surface area (Å²) in [7, 11) is 0. The summed E-state index contributed by atoms with van der Waals surface area (Å²) in [5.41, 5.74) is 5.91. The summed E-state index contributed by atoms with van der Waals surface area (Å²) in [5.74, 6) is -0.00714. The molecule has 0 saturated carbocycles. The van der Waals surface area contributed by atoms with Gasteiger partial charge in [0, 0.05) is 0 Å². The molecule has 0 fully saturated rings. The first kappa shape index (κ1) is 9.15. The summed E-state index contributed by atoms with van der Waals surface area (Å²) < 4.78 is 5.36. The Morgan fingerprint density at radius 3 is 3.14 bits per heavy atom. The molecule has 5 heteroatoms. The number of anilines is 1. The van der Waals surface area contributed by atoms with Gasteiger partial charge in [0.15, 0.2) is 11.9 Å². The number of ether oxygens (including phenoxy) is 1. The van der Waals surface area contributed by atoms with E-state index in [1.807, 2.05) is 12.1 Å². The molecule has 0 aliphatic carbocycles. The lowest BCUT2D eigenvalue weighted by atomic mass is 10.2. The van der Waals surface area contributed by atoms with Crippen LogP contribution >= 0.6 is 11.6 Å². The minimum Gasteiger partial charge on any atom is -0.475 e. The molecule has 1 atom stereocenters. The Labute approximate surface area is 86.0 Å². The number of primary amides is 1. The topological polar surface area (TPSA) is 64.4 Å². The quantitative estimate of drug-likeness (QED) is 0.730. The molecule has 0 saturated heterocycles. The number of nitrogens with two attached hydrogens (primary N) is 1. The van der Waals surface area contributed by atoms with Crippen molar-refractivity contribution in [1.29, 1.82) is 0 Å². The molecule has 14 heavy (non-hydrogen) atoms. The molecule has 0 bridgehead atoms. The molecule has 0 spiro atoms. The molecule has 74 valence electrons. The predicted molar refractivity (Wildman–Crippen MR) is 53.6 cm³/mol. The van der Waals surface area contributed by atoms with Gasteiger partial charge in [-0.3, -0.25) is 4.79 Å². The average molecular weight is 213 g/mol. The van der Waals surface area contributed by atoms with E-state index in [4.69, 9.17) is 22.1 Å². The molecule has 0 radical (unpaired) electrons. The van der Waals surface area contributed by atoms with Crippen molar-refractivity contribution in [3.8, 4) is 5.75 Å². The number of para-hydroxylation sites is 1. The highest BCUT2D eigenvalue weighted by Gasteiger charge is 2.24. The molecule has 2 rings (SSSR count). The first-order chi connectivity index (χ1) is 6.68. The summed E-state index contributed by atoms with van der Waals surface area (Å²) in [6, 6.07) is 5.34. The predicted octanol–water partition coefficient (Wildman–Crippen LogP) is 0.998. The van der Waals surface area contributed by atoms with Gasteiger partial charge in [0.05, 0.1) is 17.3 Å². The fourth-order valence-electron chi connectivity index (χ4n) is 1.31. The highest BCUT2D eigenvalue weighted by atomic mass is 35.5. The number of halogens is 1. The summed E-state index contributed by atoms with van der Waals surface area (Å²) in [6.07, 6.45) is -0.651. The van der Waals surface area contributed by atoms with Crippen molar-refractivity contribution in [2.75, 3.05) is 11.9 Å². The van der Waals surface area contributed by atoms with E-state index >= 15 is 0 Å². The largest absolute Gasteiger partial charge is 0.475 e. The fraction of sp³-hybridized carbons (Fsp3) is 0.222. The zero-order chi connectivity index (χ0) is 10.1. The number of fused-ring (bicyclic) bond motifs is 1. The number of hydrogen-bond donors (Lipinski definition) is 2. The van der Waals surface area contributed by atoms with Crippen molar-refractivity contribution in [1.82, 2.24) is 0 Å². The second-order valence-electron chi connectivity index (χ2n) is 3.01. The number of rotatable bonds is 1. The second kappa shape index (κ2) is 3.38. The van der Waals surface area contributed by atoms with Gasteiger partial charge in [0.25, 0.3) is 5.91 Å². The SMILES string of the molecule is NC(=O)C1CNc2cccc(Cl)c2O1. The lowest BCUT2D eigenvalue weighted by Gasteiger charge is -2.25. The van der Waals surface area contributed by atoms with Gasteiger partial charge in [0.2, 0.25) is 0 Å². The third kappa shape index (κ3) is 1.48. The van der Waals surface area contributed by atoms with Crippen LogP contribution in [0, 0.1) is 0 Å². The normalized spacial score (nSPS) is 19.1. The van der Waals surface area contributed by atoms with Crippen LogP contribution in [-0.4, -0.2) is 18.6 Å². The van der Waals surface area contributed by atoms with Gasteiger partial charge in [-0.15, -0.1) is 0 Å². The van der Waals surface area contributed by atoms with Crippen LogP contribution in [0.1, 0.15) is 0 Å². The Morgan fingerprint density at radius 2 is 2.43 bits per heavy atom. The molecule has 3 N–H and O–H groups in total. The van der Waals surface area contributed by atoms with Crippen LogP contribution in [0.4, 0.5) is 5.69 Å². The van der Waals surface area contributed by atoms with Crippen LogP contribution < -0.4 is 15.8 Å². The fourth-order valence-corrected chi connectivity index (χ4v) is 1.53. The Hall–Kier alpha value is -1.42. The Balaban J connectivity index is 2.33. The maximum absolute atomic E-state index is 10.9. The molecule has 1 aromatic rings. The Bertz CT molecular complexity index is 381. The molecular formula is C9H9ClN2O2. The van der Waals surface area contributed by atoms with E-state index in [1.54, 1.807) is 6.07 Å². The summed E-state index contributed by atoms with van der Waals surface area (Å²) >= 11 is 5.90. The zero-order valence-corrected chi connectivity index (χ0v) is 8.04. The van der Waals surface area contributed by atoms with E-state index in [0.29, 0.717) is 17.3 Å². The number of carbonyl (C=O) groups is 1. The van der Waals surface area contributed by atoms with Crippen LogP contribution in [0.3, 0.4) is 0 Å². The van der Waals surface area contributed by atoms with Crippen molar-refractivity contribution in [3.63, 3.8) is 0 Å². The number of carbonyl (C=O) groups excluding carboxylic acids is 1. The first-order valence-electron chi connectivity index (χ1n) is 4.17. The van der Waals surface area contributed by atoms with Gasteiger partial charge in [-0.2, -0.15) is 0 Å². The third-order valence-electron chi connectivity index (χ3n) is 2.02. The molecular weight excluding hydrogens is 204 g/mol. The minimum absolute atomic E-state index is 0.378. The van der Waals surface area contributed by atoms with Gasteiger partial charge in [-0.1, -0.05) is 17.7 Å². The van der Waals surface area contributed by atoms with E-state index in [9.17, 15) is 4.79 Å². The summed E-state index contributed by atoms with van der Waals surface area (Å²) in [5, 5.41) is 3.50. The standard InChI is InChI=1S/C9H9ClN2O2/c10-5-2-1-3-6-8(5)14-7(4-12-6)9(11)13/h1-3,7,12H,4H2,(H2,11,13). The van der Waals surface area contributed by atoms with Gasteiger partial charge in [-0.05, 0) is 12.1 Å². The summed E-state index contributed by atoms with van der Waals surface area (Å²) in [4.78, 5) is 10.9. The monoisotopic (exact) mass is 212 g/mol. The van der Waals surface area contributed by atoms with E-state index in [2.05, 4.69) is 5.32 Å². The Kier molecular flexibility index (Phi) is 2.21. The molecule has 0 aromatic heterocycles. The van der Waals surface area contributed by atoms with E-state index in [0.717, 1.165) is 5.69 Å².